The van der Waals surface area contributed by atoms with Crippen molar-refractivity contribution in [2.75, 3.05) is 0 Å². The van der Waals surface area contributed by atoms with E-state index in [0.29, 0.717) is 11.5 Å². The van der Waals surface area contributed by atoms with Gasteiger partial charge < -0.3 is 4.42 Å². The third-order valence-electron chi connectivity index (χ3n) is 9.81. The maximum Gasteiger partial charge on any atom is 0.236 e. The fraction of sp³-hybridized carbons (Fsp3) is 0. The van der Waals surface area contributed by atoms with Gasteiger partial charge in [-0.1, -0.05) is 127 Å². The Morgan fingerprint density at radius 3 is 1.96 bits per heavy atom. The quantitative estimate of drug-likeness (QED) is 0.192. The highest BCUT2D eigenvalue weighted by atomic mass is 32.1. The number of thiophene rings is 1. The van der Waals surface area contributed by atoms with Gasteiger partial charge in [0.15, 0.2) is 5.58 Å². The Morgan fingerprint density at radius 2 is 1.16 bits per heavy atom. The van der Waals surface area contributed by atoms with E-state index in [1.54, 1.807) is 0 Å². The molecule has 4 aromatic heterocycles. The van der Waals surface area contributed by atoms with E-state index in [9.17, 15) is 0 Å². The Bertz CT molecular complexity index is 3100. The van der Waals surface area contributed by atoms with Gasteiger partial charge in [-0.15, -0.1) is 11.3 Å². The van der Waals surface area contributed by atoms with Crippen LogP contribution in [0.2, 0.25) is 0 Å². The van der Waals surface area contributed by atoms with E-state index in [1.807, 2.05) is 47.7 Å². The van der Waals surface area contributed by atoms with Gasteiger partial charge in [-0.25, -0.2) is 9.97 Å². The minimum absolute atomic E-state index is 0.628. The molecule has 4 heterocycles. The van der Waals surface area contributed by atoms with Crippen molar-refractivity contribution in [2.45, 2.75) is 0 Å². The molecule has 0 amide bonds. The summed E-state index contributed by atoms with van der Waals surface area (Å²) in [5.74, 6) is 0.628. The van der Waals surface area contributed by atoms with Gasteiger partial charge in [0.25, 0.3) is 0 Å². The van der Waals surface area contributed by atoms with Gasteiger partial charge in [0.1, 0.15) is 16.8 Å². The Labute approximate surface area is 284 Å². The molecule has 0 unspecified atom stereocenters. The van der Waals surface area contributed by atoms with Crippen LogP contribution in [0.1, 0.15) is 0 Å². The first-order valence-electron chi connectivity index (χ1n) is 16.4. The Hall–Kier alpha value is -6.30. The van der Waals surface area contributed by atoms with Crippen LogP contribution in [0, 0.1) is 0 Å². The average Bonchev–Trinajstić information content (AvgIpc) is 3.85. The number of nitrogens with zero attached hydrogens (tertiary/aromatic N) is 3. The molecule has 0 atom stereocenters. The standard InChI is InChI=1S/C44H25N3OS/c1-3-13-26(14-4-1)28-23-24-33-36(25-28)49-43-38(33)30-18-8-7-17-29(30)37-31-19-9-11-21-34(31)47(41(37)43)44-45-39(27-15-5-2-6-16-27)42-40(46-44)32-20-10-12-22-35(32)48-42/h1-25H. The van der Waals surface area contributed by atoms with Crippen molar-refractivity contribution in [1.82, 2.24) is 14.5 Å². The van der Waals surface area contributed by atoms with Crippen LogP contribution in [-0.4, -0.2) is 14.5 Å². The topological polar surface area (TPSA) is 43.9 Å². The second kappa shape index (κ2) is 10.1. The average molecular weight is 644 g/mol. The number of aromatic nitrogens is 3. The number of fused-ring (bicyclic) bond motifs is 13. The highest BCUT2D eigenvalue weighted by Gasteiger charge is 2.25. The highest BCUT2D eigenvalue weighted by molar-refractivity contribution is 7.27. The summed E-state index contributed by atoms with van der Waals surface area (Å²) in [5.41, 5.74) is 8.71. The molecule has 228 valence electrons. The molecule has 0 bridgehead atoms. The van der Waals surface area contributed by atoms with Crippen LogP contribution in [0.4, 0.5) is 0 Å². The van der Waals surface area contributed by atoms with Gasteiger partial charge >= 0.3 is 0 Å². The van der Waals surface area contributed by atoms with Crippen molar-refractivity contribution in [3.8, 4) is 28.3 Å². The Balaban J connectivity index is 1.33. The van der Waals surface area contributed by atoms with E-state index in [1.165, 1.54) is 52.8 Å². The number of para-hydroxylation sites is 2. The molecule has 0 aliphatic carbocycles. The zero-order chi connectivity index (χ0) is 32.1. The minimum Gasteiger partial charge on any atom is -0.452 e. The van der Waals surface area contributed by atoms with E-state index in [2.05, 4.69) is 120 Å². The third kappa shape index (κ3) is 3.79. The molecule has 5 heteroatoms. The SMILES string of the molecule is c1ccc(-c2ccc3c(c2)sc2c3c3ccccc3c3c4ccccc4n(-c4nc(-c5ccccc5)c5oc6ccccc6c5n4)c23)cc1. The largest absolute Gasteiger partial charge is 0.452 e. The van der Waals surface area contributed by atoms with Gasteiger partial charge in [-0.05, 0) is 46.2 Å². The molecule has 0 aliphatic heterocycles. The lowest BCUT2D eigenvalue weighted by Crippen LogP contribution is -2.03. The van der Waals surface area contributed by atoms with E-state index in [-0.39, 0.29) is 0 Å². The molecule has 0 aliphatic rings. The lowest BCUT2D eigenvalue weighted by Gasteiger charge is -2.11. The number of furan rings is 1. The fourth-order valence-corrected chi connectivity index (χ4v) is 8.96. The number of rotatable bonds is 3. The molecular formula is C44H25N3OS. The monoisotopic (exact) mass is 643 g/mol. The summed E-state index contributed by atoms with van der Waals surface area (Å²) >= 11 is 1.85. The van der Waals surface area contributed by atoms with Crippen LogP contribution in [0.15, 0.2) is 156 Å². The first kappa shape index (κ1) is 26.7. The lowest BCUT2D eigenvalue weighted by molar-refractivity contribution is 0.666. The van der Waals surface area contributed by atoms with E-state index < -0.39 is 0 Å². The summed E-state index contributed by atoms with van der Waals surface area (Å²) < 4.78 is 11.2. The number of benzene rings is 7. The molecule has 4 nitrogen and oxygen atoms in total. The van der Waals surface area contributed by atoms with Crippen LogP contribution in [0.3, 0.4) is 0 Å². The fourth-order valence-electron chi connectivity index (χ4n) is 7.67. The smallest absolute Gasteiger partial charge is 0.236 e. The summed E-state index contributed by atoms with van der Waals surface area (Å²) in [6.07, 6.45) is 0. The van der Waals surface area contributed by atoms with Crippen molar-refractivity contribution in [3.63, 3.8) is 0 Å². The number of hydrogen-bond acceptors (Lipinski definition) is 4. The minimum atomic E-state index is 0.628. The molecular weight excluding hydrogens is 619 g/mol. The zero-order valence-corrected chi connectivity index (χ0v) is 26.9. The van der Waals surface area contributed by atoms with Gasteiger partial charge in [0.2, 0.25) is 5.95 Å². The highest BCUT2D eigenvalue weighted by Crippen LogP contribution is 2.48. The first-order chi connectivity index (χ1) is 24.3. The molecule has 0 N–H and O–H groups in total. The maximum atomic E-state index is 6.47. The first-order valence-corrected chi connectivity index (χ1v) is 17.2. The van der Waals surface area contributed by atoms with Crippen molar-refractivity contribution in [3.05, 3.63) is 152 Å². The summed E-state index contributed by atoms with van der Waals surface area (Å²) in [6, 6.07) is 53.5. The molecule has 0 radical (unpaired) electrons. The third-order valence-corrected chi connectivity index (χ3v) is 11.0. The summed E-state index contributed by atoms with van der Waals surface area (Å²) in [4.78, 5) is 10.7. The van der Waals surface area contributed by atoms with Gasteiger partial charge in [-0.3, -0.25) is 4.57 Å². The Kier molecular flexibility index (Phi) is 5.51. The molecule has 0 saturated heterocycles. The normalized spacial score (nSPS) is 12.1. The predicted octanol–water partition coefficient (Wildman–Crippen LogP) is 12.3. The van der Waals surface area contributed by atoms with Crippen LogP contribution in [0.5, 0.6) is 0 Å². The van der Waals surface area contributed by atoms with Crippen molar-refractivity contribution >= 4 is 86.2 Å². The molecule has 11 aromatic rings. The maximum absolute atomic E-state index is 6.47. The zero-order valence-electron chi connectivity index (χ0n) is 26.1. The Morgan fingerprint density at radius 1 is 0.510 bits per heavy atom. The summed E-state index contributed by atoms with van der Waals surface area (Å²) in [7, 11) is 0. The van der Waals surface area contributed by atoms with Crippen molar-refractivity contribution < 1.29 is 4.42 Å². The predicted molar refractivity (Wildman–Crippen MR) is 205 cm³/mol. The van der Waals surface area contributed by atoms with Crippen LogP contribution >= 0.6 is 11.3 Å². The molecule has 0 fully saturated rings. The molecule has 11 rings (SSSR count). The summed E-state index contributed by atoms with van der Waals surface area (Å²) in [6.45, 7) is 0. The molecule has 0 saturated carbocycles. The van der Waals surface area contributed by atoms with Crippen molar-refractivity contribution in [2.24, 2.45) is 0 Å². The second-order valence-electron chi connectivity index (χ2n) is 12.5. The van der Waals surface area contributed by atoms with Crippen molar-refractivity contribution in [1.29, 1.82) is 0 Å². The number of hydrogen-bond donors (Lipinski definition) is 0. The van der Waals surface area contributed by atoms with Crippen LogP contribution in [0.25, 0.3) is 103 Å². The second-order valence-corrected chi connectivity index (χ2v) is 13.6. The van der Waals surface area contributed by atoms with E-state index in [0.717, 1.165) is 38.8 Å². The van der Waals surface area contributed by atoms with Gasteiger partial charge in [0.05, 0.1) is 15.7 Å². The summed E-state index contributed by atoms with van der Waals surface area (Å²) in [5, 5.41) is 8.39. The lowest BCUT2D eigenvalue weighted by atomic mass is 9.98. The molecule has 0 spiro atoms. The molecule has 7 aromatic carbocycles. The van der Waals surface area contributed by atoms with Crippen LogP contribution < -0.4 is 0 Å². The van der Waals surface area contributed by atoms with E-state index in [4.69, 9.17) is 14.4 Å². The van der Waals surface area contributed by atoms with E-state index >= 15 is 0 Å². The van der Waals surface area contributed by atoms with Crippen LogP contribution in [-0.2, 0) is 0 Å². The van der Waals surface area contributed by atoms with Gasteiger partial charge in [0, 0.05) is 37.2 Å². The van der Waals surface area contributed by atoms with Gasteiger partial charge in [-0.2, -0.15) is 0 Å². The molecule has 49 heavy (non-hydrogen) atoms.